The molecule has 2 rings (SSSR count). The van der Waals surface area contributed by atoms with Gasteiger partial charge in [0.2, 0.25) is 0 Å². The van der Waals surface area contributed by atoms with Gasteiger partial charge in [-0.25, -0.2) is 4.79 Å². The Morgan fingerprint density at radius 1 is 1.14 bits per heavy atom. The number of carboxylic acid groups (broad SMARTS) is 1. The Bertz CT molecular complexity index is 716. The van der Waals surface area contributed by atoms with Gasteiger partial charge in [0.05, 0.1) is 5.56 Å². The molecular weight excluding hydrogens is 268 g/mol. The Morgan fingerprint density at radius 2 is 1.76 bits per heavy atom. The normalized spacial score (nSPS) is 10.5. The van der Waals surface area contributed by atoms with Crippen LogP contribution in [-0.2, 0) is 0 Å². The molecule has 0 radical (unpaired) electrons. The second-order valence-electron chi connectivity index (χ2n) is 5.08. The Labute approximate surface area is 123 Å². The summed E-state index contributed by atoms with van der Waals surface area (Å²) < 4.78 is 0. The van der Waals surface area contributed by atoms with Crippen LogP contribution in [-0.4, -0.2) is 29.0 Å². The van der Waals surface area contributed by atoms with E-state index in [1.165, 1.54) is 0 Å². The Morgan fingerprint density at radius 3 is 2.29 bits per heavy atom. The maximum Gasteiger partial charge on any atom is 0.352 e. The summed E-state index contributed by atoms with van der Waals surface area (Å²) in [6.45, 7) is 5.28. The molecule has 0 aliphatic rings. The Hall–Kier alpha value is -2.56. The fraction of sp³-hybridized carbons (Fsp3) is 0.250. The average Bonchev–Trinajstić information content (AvgIpc) is 2.73. The molecule has 110 valence electrons. The summed E-state index contributed by atoms with van der Waals surface area (Å²) in [4.78, 5) is 28.1. The van der Waals surface area contributed by atoms with E-state index < -0.39 is 5.97 Å². The Balaban J connectivity index is 2.46. The molecule has 0 spiro atoms. The number of hydrogen-bond donors (Lipinski definition) is 2. The SMILES string of the molecule is Cc1ccccc1N(C)C(=O)c1c(C)[nH]c(C(=O)O)c1C. The van der Waals surface area contributed by atoms with Gasteiger partial charge in [-0.2, -0.15) is 0 Å². The van der Waals surface area contributed by atoms with Crippen LogP contribution in [0.5, 0.6) is 0 Å². The molecule has 0 aliphatic heterocycles. The molecule has 2 aromatic rings. The Kier molecular flexibility index (Phi) is 3.84. The smallest absolute Gasteiger partial charge is 0.352 e. The highest BCUT2D eigenvalue weighted by Gasteiger charge is 2.24. The minimum Gasteiger partial charge on any atom is -0.477 e. The first-order chi connectivity index (χ1) is 9.84. The van der Waals surface area contributed by atoms with Crippen molar-refractivity contribution in [3.05, 3.63) is 52.3 Å². The van der Waals surface area contributed by atoms with Crippen LogP contribution in [0.4, 0.5) is 5.69 Å². The third-order valence-electron chi connectivity index (χ3n) is 3.65. The van der Waals surface area contributed by atoms with Gasteiger partial charge in [-0.3, -0.25) is 4.79 Å². The van der Waals surface area contributed by atoms with Crippen molar-refractivity contribution in [3.8, 4) is 0 Å². The van der Waals surface area contributed by atoms with Crippen molar-refractivity contribution in [2.45, 2.75) is 20.8 Å². The lowest BCUT2D eigenvalue weighted by Gasteiger charge is -2.20. The van der Waals surface area contributed by atoms with E-state index in [-0.39, 0.29) is 11.6 Å². The minimum atomic E-state index is -1.06. The third-order valence-corrected chi connectivity index (χ3v) is 3.65. The number of nitrogens with one attached hydrogen (secondary N) is 1. The number of aromatic carboxylic acids is 1. The van der Waals surface area contributed by atoms with Crippen LogP contribution in [0.2, 0.25) is 0 Å². The second-order valence-corrected chi connectivity index (χ2v) is 5.08. The molecule has 1 amide bonds. The summed E-state index contributed by atoms with van der Waals surface area (Å²) in [6.07, 6.45) is 0. The van der Waals surface area contributed by atoms with Gasteiger partial charge >= 0.3 is 5.97 Å². The summed E-state index contributed by atoms with van der Waals surface area (Å²) in [7, 11) is 1.69. The van der Waals surface area contributed by atoms with E-state index >= 15 is 0 Å². The number of hydrogen-bond acceptors (Lipinski definition) is 2. The van der Waals surface area contributed by atoms with Crippen LogP contribution < -0.4 is 4.90 Å². The number of carbonyl (C=O) groups is 2. The number of rotatable bonds is 3. The molecule has 5 heteroatoms. The van der Waals surface area contributed by atoms with Gasteiger partial charge in [-0.05, 0) is 38.0 Å². The van der Waals surface area contributed by atoms with Gasteiger partial charge in [0.1, 0.15) is 5.69 Å². The molecule has 0 unspecified atom stereocenters. The standard InChI is InChI=1S/C16H18N2O3/c1-9-7-5-6-8-12(9)18(4)15(19)13-10(2)14(16(20)21)17-11(13)3/h5-8,17H,1-4H3,(H,20,21). The van der Waals surface area contributed by atoms with Crippen LogP contribution in [0.3, 0.4) is 0 Å². The summed E-state index contributed by atoms with van der Waals surface area (Å²) in [5.41, 5.74) is 3.30. The molecule has 1 aromatic carbocycles. The van der Waals surface area contributed by atoms with Crippen LogP contribution in [0, 0.1) is 20.8 Å². The predicted octanol–water partition coefficient (Wildman–Crippen LogP) is 2.91. The first-order valence-corrected chi connectivity index (χ1v) is 6.60. The number of para-hydroxylation sites is 1. The third kappa shape index (κ3) is 2.54. The fourth-order valence-corrected chi connectivity index (χ4v) is 2.50. The van der Waals surface area contributed by atoms with Gasteiger partial charge in [-0.1, -0.05) is 18.2 Å². The molecule has 0 bridgehead atoms. The highest BCUT2D eigenvalue weighted by atomic mass is 16.4. The number of amides is 1. The first-order valence-electron chi connectivity index (χ1n) is 6.60. The van der Waals surface area contributed by atoms with E-state index in [1.807, 2.05) is 31.2 Å². The number of aryl methyl sites for hydroxylation is 2. The highest BCUT2D eigenvalue weighted by molar-refractivity contribution is 6.09. The van der Waals surface area contributed by atoms with Crippen molar-refractivity contribution < 1.29 is 14.7 Å². The number of aromatic amines is 1. The molecular formula is C16H18N2O3. The minimum absolute atomic E-state index is 0.0639. The molecule has 21 heavy (non-hydrogen) atoms. The maximum absolute atomic E-state index is 12.7. The lowest BCUT2D eigenvalue weighted by molar-refractivity contribution is 0.0690. The van der Waals surface area contributed by atoms with E-state index in [0.29, 0.717) is 16.8 Å². The van der Waals surface area contributed by atoms with E-state index in [1.54, 1.807) is 25.8 Å². The number of benzene rings is 1. The van der Waals surface area contributed by atoms with Gasteiger partial charge < -0.3 is 15.0 Å². The molecule has 0 fully saturated rings. The topological polar surface area (TPSA) is 73.4 Å². The molecule has 1 heterocycles. The van der Waals surface area contributed by atoms with Crippen LogP contribution >= 0.6 is 0 Å². The zero-order valence-electron chi connectivity index (χ0n) is 12.5. The molecule has 0 saturated carbocycles. The van der Waals surface area contributed by atoms with Crippen LogP contribution in [0.1, 0.15) is 37.7 Å². The summed E-state index contributed by atoms with van der Waals surface area (Å²) >= 11 is 0. The largest absolute Gasteiger partial charge is 0.477 e. The number of H-pyrrole nitrogens is 1. The van der Waals surface area contributed by atoms with Crippen molar-refractivity contribution in [2.24, 2.45) is 0 Å². The van der Waals surface area contributed by atoms with Gasteiger partial charge in [0, 0.05) is 18.4 Å². The van der Waals surface area contributed by atoms with Crippen molar-refractivity contribution in [1.82, 2.24) is 4.98 Å². The number of carbonyl (C=O) groups excluding carboxylic acids is 1. The van der Waals surface area contributed by atoms with E-state index in [2.05, 4.69) is 4.98 Å². The number of anilines is 1. The fourth-order valence-electron chi connectivity index (χ4n) is 2.50. The quantitative estimate of drug-likeness (QED) is 0.911. The molecule has 1 aromatic heterocycles. The molecule has 5 nitrogen and oxygen atoms in total. The number of aromatic nitrogens is 1. The zero-order valence-corrected chi connectivity index (χ0v) is 12.5. The van der Waals surface area contributed by atoms with E-state index in [0.717, 1.165) is 11.3 Å². The number of carboxylic acids is 1. The lowest BCUT2D eigenvalue weighted by Crippen LogP contribution is -2.27. The van der Waals surface area contributed by atoms with Crippen LogP contribution in [0.15, 0.2) is 24.3 Å². The van der Waals surface area contributed by atoms with Gasteiger partial charge in [0.25, 0.3) is 5.91 Å². The van der Waals surface area contributed by atoms with E-state index in [4.69, 9.17) is 5.11 Å². The lowest BCUT2D eigenvalue weighted by atomic mass is 10.1. The molecule has 0 saturated heterocycles. The second kappa shape index (κ2) is 5.44. The van der Waals surface area contributed by atoms with Crippen molar-refractivity contribution in [1.29, 1.82) is 0 Å². The van der Waals surface area contributed by atoms with Crippen LogP contribution in [0.25, 0.3) is 0 Å². The van der Waals surface area contributed by atoms with Crippen molar-refractivity contribution in [2.75, 3.05) is 11.9 Å². The zero-order chi connectivity index (χ0) is 15.7. The average molecular weight is 286 g/mol. The molecule has 2 N–H and O–H groups in total. The summed E-state index contributed by atoms with van der Waals surface area (Å²) in [5, 5.41) is 9.13. The van der Waals surface area contributed by atoms with Gasteiger partial charge in [-0.15, -0.1) is 0 Å². The molecule has 0 atom stereocenters. The highest BCUT2D eigenvalue weighted by Crippen LogP contribution is 2.24. The summed E-state index contributed by atoms with van der Waals surface area (Å²) in [6, 6.07) is 7.57. The summed E-state index contributed by atoms with van der Waals surface area (Å²) in [5.74, 6) is -1.28. The molecule has 0 aliphatic carbocycles. The number of nitrogens with zero attached hydrogens (tertiary/aromatic N) is 1. The van der Waals surface area contributed by atoms with Crippen molar-refractivity contribution >= 4 is 17.6 Å². The predicted molar refractivity (Wildman–Crippen MR) is 81.1 cm³/mol. The maximum atomic E-state index is 12.7. The first kappa shape index (κ1) is 14.8. The van der Waals surface area contributed by atoms with E-state index in [9.17, 15) is 9.59 Å². The van der Waals surface area contributed by atoms with Gasteiger partial charge in [0.15, 0.2) is 0 Å². The van der Waals surface area contributed by atoms with Crippen molar-refractivity contribution in [3.63, 3.8) is 0 Å². The monoisotopic (exact) mass is 286 g/mol.